The normalized spacial score (nSPS) is 17.1. The predicted molar refractivity (Wildman–Crippen MR) is 217 cm³/mol. The summed E-state index contributed by atoms with van der Waals surface area (Å²) in [6.07, 6.45) is 18.6. The highest BCUT2D eigenvalue weighted by Gasteiger charge is 2.32. The van der Waals surface area contributed by atoms with Gasteiger partial charge >= 0.3 is 0 Å². The fourth-order valence-electron chi connectivity index (χ4n) is 9.28. The Hall–Kier alpha value is -3.67. The van der Waals surface area contributed by atoms with Crippen LogP contribution in [0.25, 0.3) is 34.4 Å². The van der Waals surface area contributed by atoms with Crippen molar-refractivity contribution >= 4 is 11.6 Å². The Morgan fingerprint density at radius 1 is 0.547 bits per heavy atom. The summed E-state index contributed by atoms with van der Waals surface area (Å²) < 4.78 is 12.4. The van der Waals surface area contributed by atoms with Crippen molar-refractivity contribution in [3.8, 4) is 22.8 Å². The molecule has 0 unspecified atom stereocenters. The van der Waals surface area contributed by atoms with Gasteiger partial charge in [0.1, 0.15) is 0 Å². The number of allylic oxidation sites excluding steroid dienone is 1. The number of benzene rings is 1. The van der Waals surface area contributed by atoms with Gasteiger partial charge in [0, 0.05) is 18.9 Å². The van der Waals surface area contributed by atoms with Crippen LogP contribution in [0.3, 0.4) is 0 Å². The van der Waals surface area contributed by atoms with Crippen LogP contribution in [-0.2, 0) is 67.3 Å². The Balaban J connectivity index is 1.23. The van der Waals surface area contributed by atoms with E-state index in [-0.39, 0.29) is 11.2 Å². The molecule has 0 saturated carbocycles. The molecule has 4 aromatic rings. The number of aryl methyl sites for hydroxylation is 3. The van der Waals surface area contributed by atoms with Crippen LogP contribution < -0.4 is 0 Å². The van der Waals surface area contributed by atoms with Crippen LogP contribution in [0.5, 0.6) is 0 Å². The number of pyridine rings is 3. The average molecular weight is 710 g/mol. The second-order valence-corrected chi connectivity index (χ2v) is 17.9. The molecule has 0 fully saturated rings. The van der Waals surface area contributed by atoms with Gasteiger partial charge in [0.05, 0.1) is 39.7 Å². The van der Waals surface area contributed by atoms with Crippen molar-refractivity contribution in [3.05, 3.63) is 97.9 Å². The summed E-state index contributed by atoms with van der Waals surface area (Å²) in [5.74, 6) is 0. The van der Waals surface area contributed by atoms with Crippen molar-refractivity contribution in [2.45, 2.75) is 149 Å². The van der Waals surface area contributed by atoms with Crippen LogP contribution in [0.15, 0.2) is 36.4 Å². The molecule has 3 aromatic heterocycles. The van der Waals surface area contributed by atoms with Gasteiger partial charge in [-0.15, -0.1) is 0 Å². The molecule has 0 saturated heterocycles. The van der Waals surface area contributed by atoms with Crippen LogP contribution in [0.1, 0.15) is 142 Å². The molecule has 0 radical (unpaired) electrons. The predicted octanol–water partition coefficient (Wildman–Crippen LogP) is 10.7. The number of rotatable bonds is 9. The zero-order valence-corrected chi connectivity index (χ0v) is 33.2. The Labute approximate surface area is 318 Å². The van der Waals surface area contributed by atoms with E-state index in [1.54, 1.807) is 5.56 Å². The lowest BCUT2D eigenvalue weighted by atomic mass is 9.78. The van der Waals surface area contributed by atoms with Crippen LogP contribution in [0.2, 0.25) is 0 Å². The summed E-state index contributed by atoms with van der Waals surface area (Å²) in [6.45, 7) is 14.5. The highest BCUT2D eigenvalue weighted by molar-refractivity contribution is 5.85. The average Bonchev–Trinajstić information content (AvgIpc) is 3.13. The Morgan fingerprint density at radius 3 is 1.74 bits per heavy atom. The van der Waals surface area contributed by atoms with Crippen molar-refractivity contribution in [2.24, 2.45) is 0 Å². The van der Waals surface area contributed by atoms with Crippen molar-refractivity contribution in [1.29, 1.82) is 0 Å². The molecular formula is C48H59N3O2. The summed E-state index contributed by atoms with van der Waals surface area (Å²) in [4.78, 5) is 16.9. The van der Waals surface area contributed by atoms with Crippen LogP contribution in [0, 0.1) is 0 Å². The molecule has 0 aliphatic heterocycles. The molecule has 5 nitrogen and oxygen atoms in total. The standard InChI is InChI=1S/C48H59N3O2/c1-47(2,3)52-27-13-20-35-37-18-10-11-22-41(37)49-45-39(35)25-23-33-30-34-24-26-40-36(21-14-28-53-48(4,5)6)38-19-12-17-32(29-31-15-8-7-9-16-31)42(38)50-46(40)44(34)51-43(33)45/h7-9,15-16,29-30H,10-14,17-28H2,1-6H3/b32-29-. The molecular weight excluding hydrogens is 651 g/mol. The molecule has 4 aliphatic carbocycles. The van der Waals surface area contributed by atoms with Gasteiger partial charge < -0.3 is 9.47 Å². The highest BCUT2D eigenvalue weighted by Crippen LogP contribution is 2.44. The number of fused-ring (bicyclic) bond motifs is 8. The molecule has 0 amide bonds. The first-order chi connectivity index (χ1) is 25.5. The number of nitrogens with zero attached hydrogens (tertiary/aromatic N) is 3. The Bertz CT molecular complexity index is 2030. The fraction of sp³-hybridized carbons (Fsp3) is 0.521. The molecule has 1 aromatic carbocycles. The molecule has 5 heteroatoms. The quantitative estimate of drug-likeness (QED) is 0.162. The molecule has 0 atom stereocenters. The zero-order chi connectivity index (χ0) is 36.7. The first-order valence-electron chi connectivity index (χ1n) is 20.7. The van der Waals surface area contributed by atoms with E-state index in [1.165, 1.54) is 74.3 Å². The van der Waals surface area contributed by atoms with Gasteiger partial charge in [0.2, 0.25) is 0 Å². The summed E-state index contributed by atoms with van der Waals surface area (Å²) >= 11 is 0. The van der Waals surface area contributed by atoms with Crippen molar-refractivity contribution in [1.82, 2.24) is 15.0 Å². The summed E-state index contributed by atoms with van der Waals surface area (Å²) in [5, 5.41) is 0. The Kier molecular flexibility index (Phi) is 10.2. The van der Waals surface area contributed by atoms with Crippen LogP contribution in [0.4, 0.5) is 0 Å². The summed E-state index contributed by atoms with van der Waals surface area (Å²) in [5.41, 5.74) is 21.0. The highest BCUT2D eigenvalue weighted by atomic mass is 16.5. The number of aromatic nitrogens is 3. The zero-order valence-electron chi connectivity index (χ0n) is 33.2. The minimum Gasteiger partial charge on any atom is -0.376 e. The first kappa shape index (κ1) is 36.3. The molecule has 4 aliphatic rings. The molecule has 0 N–H and O–H groups in total. The van der Waals surface area contributed by atoms with Crippen LogP contribution >= 0.6 is 0 Å². The van der Waals surface area contributed by atoms with E-state index in [0.717, 1.165) is 119 Å². The molecule has 278 valence electrons. The molecule has 3 heterocycles. The fourth-order valence-corrected chi connectivity index (χ4v) is 9.28. The van der Waals surface area contributed by atoms with E-state index in [9.17, 15) is 0 Å². The maximum Gasteiger partial charge on any atom is 0.0931 e. The maximum absolute atomic E-state index is 6.23. The SMILES string of the molecule is CC(C)(C)OCCCc1c2c(nc3c1CCc1cc4c(nc1-3)-c1nc3c(c(CCCOC(C)(C)C)c1CC4)CCC/C3=C/c1ccccc1)CCCC2. The number of hydrogen-bond acceptors (Lipinski definition) is 5. The minimum absolute atomic E-state index is 0.110. The molecule has 53 heavy (non-hydrogen) atoms. The van der Waals surface area contributed by atoms with Gasteiger partial charge in [-0.25, -0.2) is 9.97 Å². The van der Waals surface area contributed by atoms with E-state index in [0.29, 0.717) is 0 Å². The largest absolute Gasteiger partial charge is 0.376 e. The van der Waals surface area contributed by atoms with Gasteiger partial charge in [-0.05, 0) is 200 Å². The smallest absolute Gasteiger partial charge is 0.0931 e. The lowest BCUT2D eigenvalue weighted by Gasteiger charge is -2.31. The molecule has 0 spiro atoms. The van der Waals surface area contributed by atoms with Gasteiger partial charge in [-0.3, -0.25) is 4.98 Å². The van der Waals surface area contributed by atoms with Crippen LogP contribution in [-0.4, -0.2) is 39.4 Å². The van der Waals surface area contributed by atoms with E-state index in [2.05, 4.69) is 84.0 Å². The van der Waals surface area contributed by atoms with Gasteiger partial charge in [-0.2, -0.15) is 0 Å². The van der Waals surface area contributed by atoms with Crippen molar-refractivity contribution in [3.63, 3.8) is 0 Å². The van der Waals surface area contributed by atoms with E-state index in [1.807, 2.05) is 0 Å². The van der Waals surface area contributed by atoms with E-state index < -0.39 is 0 Å². The maximum atomic E-state index is 6.23. The third kappa shape index (κ3) is 7.80. The van der Waals surface area contributed by atoms with Crippen molar-refractivity contribution < 1.29 is 9.47 Å². The lowest BCUT2D eigenvalue weighted by Crippen LogP contribution is -2.22. The topological polar surface area (TPSA) is 57.1 Å². The second-order valence-electron chi connectivity index (χ2n) is 17.9. The molecule has 8 rings (SSSR count). The van der Waals surface area contributed by atoms with E-state index in [4.69, 9.17) is 24.4 Å². The number of hydrogen-bond donors (Lipinski definition) is 0. The summed E-state index contributed by atoms with van der Waals surface area (Å²) in [7, 11) is 0. The van der Waals surface area contributed by atoms with E-state index >= 15 is 0 Å². The minimum atomic E-state index is -0.131. The third-order valence-electron chi connectivity index (χ3n) is 11.7. The van der Waals surface area contributed by atoms with Gasteiger partial charge in [0.25, 0.3) is 0 Å². The monoisotopic (exact) mass is 709 g/mol. The van der Waals surface area contributed by atoms with Crippen molar-refractivity contribution in [2.75, 3.05) is 13.2 Å². The summed E-state index contributed by atoms with van der Waals surface area (Å²) in [6, 6.07) is 13.3. The first-order valence-corrected chi connectivity index (χ1v) is 20.7. The van der Waals surface area contributed by atoms with Gasteiger partial charge in [0.15, 0.2) is 0 Å². The Morgan fingerprint density at radius 2 is 1.09 bits per heavy atom. The second kappa shape index (κ2) is 14.9. The number of ether oxygens (including phenoxy) is 2. The van der Waals surface area contributed by atoms with Gasteiger partial charge in [-0.1, -0.05) is 36.4 Å². The lowest BCUT2D eigenvalue weighted by molar-refractivity contribution is -0.00423. The third-order valence-corrected chi connectivity index (χ3v) is 11.7. The molecule has 0 bridgehead atoms.